The van der Waals surface area contributed by atoms with Crippen molar-refractivity contribution < 1.29 is 13.2 Å². The lowest BCUT2D eigenvalue weighted by atomic mass is 10.2. The topological polar surface area (TPSA) is 76.7 Å². The zero-order valence-corrected chi connectivity index (χ0v) is 12.1. The molecule has 0 aliphatic carbocycles. The Kier molecular flexibility index (Phi) is 3.36. The smallest absolute Gasteiger partial charge is 0.375 e. The predicted molar refractivity (Wildman–Crippen MR) is 79.1 cm³/mol. The van der Waals surface area contributed by atoms with E-state index in [1.807, 2.05) is 0 Å². The van der Waals surface area contributed by atoms with Crippen LogP contribution in [0.4, 0.5) is 29.8 Å². The van der Waals surface area contributed by atoms with E-state index in [0.29, 0.717) is 32.8 Å². The first-order chi connectivity index (χ1) is 10.3. The third-order valence-corrected chi connectivity index (χ3v) is 3.64. The number of nitrogens with zero attached hydrogens (tertiary/aromatic N) is 3. The maximum absolute atomic E-state index is 12.5. The number of aromatic nitrogens is 3. The van der Waals surface area contributed by atoms with Crippen molar-refractivity contribution in [1.82, 2.24) is 15.0 Å². The molecule has 3 aromatic rings. The second-order valence-corrected chi connectivity index (χ2v) is 5.53. The van der Waals surface area contributed by atoms with Crippen molar-refractivity contribution >= 4 is 38.3 Å². The van der Waals surface area contributed by atoms with Crippen LogP contribution in [-0.2, 0) is 6.18 Å². The van der Waals surface area contributed by atoms with Gasteiger partial charge in [0, 0.05) is 5.69 Å². The summed E-state index contributed by atoms with van der Waals surface area (Å²) in [5.41, 5.74) is 5.91. The fourth-order valence-corrected chi connectivity index (χ4v) is 2.66. The van der Waals surface area contributed by atoms with Crippen LogP contribution in [0.1, 0.15) is 11.4 Å². The van der Waals surface area contributed by atoms with Crippen LogP contribution in [0.2, 0.25) is 0 Å². The number of hydrogen-bond donors (Lipinski definition) is 2. The van der Waals surface area contributed by atoms with Crippen molar-refractivity contribution in [3.8, 4) is 0 Å². The normalized spacial score (nSPS) is 11.8. The maximum Gasteiger partial charge on any atom is 0.416 e. The molecule has 5 nitrogen and oxygen atoms in total. The van der Waals surface area contributed by atoms with E-state index < -0.39 is 11.7 Å². The minimum atomic E-state index is -4.36. The number of halogens is 3. The molecule has 1 aromatic carbocycles. The van der Waals surface area contributed by atoms with Crippen LogP contribution >= 0.6 is 11.3 Å². The summed E-state index contributed by atoms with van der Waals surface area (Å²) in [6, 6.07) is 4.68. The SMILES string of the molecule is Cc1nc(Nc2ccc(C(F)(F)F)cc2)c2nc(N)sc2n1. The molecule has 0 bridgehead atoms. The minimum absolute atomic E-state index is 0.352. The fraction of sp³-hybridized carbons (Fsp3) is 0.154. The molecule has 0 amide bonds. The molecular weight excluding hydrogens is 315 g/mol. The zero-order chi connectivity index (χ0) is 15.9. The van der Waals surface area contributed by atoms with Crippen LogP contribution in [0.3, 0.4) is 0 Å². The number of thiazole rings is 1. The van der Waals surface area contributed by atoms with Gasteiger partial charge in [0.05, 0.1) is 5.56 Å². The Hall–Kier alpha value is -2.42. The highest BCUT2D eigenvalue weighted by Crippen LogP contribution is 2.32. The third-order valence-electron chi connectivity index (χ3n) is 2.86. The van der Waals surface area contributed by atoms with Gasteiger partial charge in [-0.05, 0) is 31.2 Å². The van der Waals surface area contributed by atoms with Crippen LogP contribution in [0.25, 0.3) is 10.3 Å². The summed E-state index contributed by atoms with van der Waals surface area (Å²) in [6.07, 6.45) is -4.36. The summed E-state index contributed by atoms with van der Waals surface area (Å²) in [5, 5.41) is 3.30. The number of nitrogen functional groups attached to an aromatic ring is 1. The lowest BCUT2D eigenvalue weighted by Gasteiger charge is -2.09. The Bertz CT molecular complexity index is 826. The summed E-state index contributed by atoms with van der Waals surface area (Å²) in [6.45, 7) is 1.72. The highest BCUT2D eigenvalue weighted by Gasteiger charge is 2.29. The molecule has 0 radical (unpaired) electrons. The average molecular weight is 325 g/mol. The molecule has 2 heterocycles. The molecule has 3 N–H and O–H groups in total. The molecule has 0 saturated carbocycles. The first kappa shape index (κ1) is 14.5. The number of fused-ring (bicyclic) bond motifs is 1. The lowest BCUT2D eigenvalue weighted by molar-refractivity contribution is -0.137. The van der Waals surface area contributed by atoms with Crippen molar-refractivity contribution in [2.24, 2.45) is 0 Å². The van der Waals surface area contributed by atoms with E-state index in [0.717, 1.165) is 12.1 Å². The van der Waals surface area contributed by atoms with Gasteiger partial charge in [0.15, 0.2) is 15.8 Å². The highest BCUT2D eigenvalue weighted by atomic mass is 32.1. The van der Waals surface area contributed by atoms with Gasteiger partial charge in [-0.2, -0.15) is 13.2 Å². The van der Waals surface area contributed by atoms with Crippen molar-refractivity contribution in [3.05, 3.63) is 35.7 Å². The van der Waals surface area contributed by atoms with E-state index in [-0.39, 0.29) is 0 Å². The summed E-state index contributed by atoms with van der Waals surface area (Å²) < 4.78 is 37.6. The van der Waals surface area contributed by atoms with Crippen LogP contribution in [0.15, 0.2) is 24.3 Å². The summed E-state index contributed by atoms with van der Waals surface area (Å²) in [7, 11) is 0. The lowest BCUT2D eigenvalue weighted by Crippen LogP contribution is -2.04. The van der Waals surface area contributed by atoms with E-state index in [2.05, 4.69) is 20.3 Å². The van der Waals surface area contributed by atoms with Crippen LogP contribution in [0.5, 0.6) is 0 Å². The number of anilines is 3. The predicted octanol–water partition coefficient (Wildman–Crippen LogP) is 3.74. The monoisotopic (exact) mass is 325 g/mol. The molecule has 2 aromatic heterocycles. The molecule has 0 aliphatic rings. The highest BCUT2D eigenvalue weighted by molar-refractivity contribution is 7.21. The number of hydrogen-bond acceptors (Lipinski definition) is 6. The standard InChI is InChI=1S/C13H10F3N5S/c1-6-18-10(9-11(19-6)22-12(17)21-9)20-8-4-2-7(3-5-8)13(14,15)16/h2-5H,1H3,(H2,17,21)(H,18,19,20). The second-order valence-electron chi connectivity index (χ2n) is 4.53. The number of rotatable bonds is 2. The minimum Gasteiger partial charge on any atom is -0.375 e. The number of nitrogens with one attached hydrogen (secondary N) is 1. The molecule has 22 heavy (non-hydrogen) atoms. The molecule has 3 rings (SSSR count). The van der Waals surface area contributed by atoms with E-state index >= 15 is 0 Å². The first-order valence-electron chi connectivity index (χ1n) is 6.18. The van der Waals surface area contributed by atoms with E-state index in [1.165, 1.54) is 23.5 Å². The molecule has 0 fully saturated rings. The van der Waals surface area contributed by atoms with Gasteiger partial charge in [-0.1, -0.05) is 11.3 Å². The number of alkyl halides is 3. The van der Waals surface area contributed by atoms with E-state index in [4.69, 9.17) is 5.73 Å². The summed E-state index contributed by atoms with van der Waals surface area (Å²) in [5.74, 6) is 0.931. The van der Waals surface area contributed by atoms with Crippen molar-refractivity contribution in [2.75, 3.05) is 11.1 Å². The van der Waals surface area contributed by atoms with Gasteiger partial charge >= 0.3 is 6.18 Å². The molecular formula is C13H10F3N5S. The van der Waals surface area contributed by atoms with Gasteiger partial charge in [-0.25, -0.2) is 15.0 Å². The molecule has 0 saturated heterocycles. The average Bonchev–Trinajstić information content (AvgIpc) is 2.78. The number of benzene rings is 1. The van der Waals surface area contributed by atoms with Crippen LogP contribution in [0, 0.1) is 6.92 Å². The summed E-state index contributed by atoms with van der Waals surface area (Å²) >= 11 is 1.22. The summed E-state index contributed by atoms with van der Waals surface area (Å²) in [4.78, 5) is 13.2. The Morgan fingerprint density at radius 1 is 1.09 bits per heavy atom. The third kappa shape index (κ3) is 2.80. The molecule has 0 spiro atoms. The van der Waals surface area contributed by atoms with Crippen molar-refractivity contribution in [1.29, 1.82) is 0 Å². The van der Waals surface area contributed by atoms with Gasteiger partial charge in [0.1, 0.15) is 11.3 Å². The van der Waals surface area contributed by atoms with Gasteiger partial charge in [-0.15, -0.1) is 0 Å². The largest absolute Gasteiger partial charge is 0.416 e. The molecule has 0 unspecified atom stereocenters. The Labute approximate surface area is 127 Å². The van der Waals surface area contributed by atoms with Gasteiger partial charge in [0.25, 0.3) is 0 Å². The van der Waals surface area contributed by atoms with Crippen molar-refractivity contribution in [2.45, 2.75) is 13.1 Å². The second kappa shape index (κ2) is 5.09. The number of aryl methyl sites for hydroxylation is 1. The number of nitrogens with two attached hydrogens (primary N) is 1. The zero-order valence-electron chi connectivity index (χ0n) is 11.3. The van der Waals surface area contributed by atoms with Crippen LogP contribution < -0.4 is 11.1 Å². The Morgan fingerprint density at radius 3 is 2.41 bits per heavy atom. The van der Waals surface area contributed by atoms with E-state index in [1.54, 1.807) is 6.92 Å². The Balaban J connectivity index is 1.96. The Morgan fingerprint density at radius 2 is 1.77 bits per heavy atom. The van der Waals surface area contributed by atoms with Crippen LogP contribution in [-0.4, -0.2) is 15.0 Å². The van der Waals surface area contributed by atoms with Crippen molar-refractivity contribution in [3.63, 3.8) is 0 Å². The molecule has 9 heteroatoms. The van der Waals surface area contributed by atoms with Gasteiger partial charge < -0.3 is 11.1 Å². The quantitative estimate of drug-likeness (QED) is 0.750. The van der Waals surface area contributed by atoms with E-state index in [9.17, 15) is 13.2 Å². The van der Waals surface area contributed by atoms with Gasteiger partial charge in [0.2, 0.25) is 0 Å². The molecule has 114 valence electrons. The maximum atomic E-state index is 12.5. The van der Waals surface area contributed by atoms with Gasteiger partial charge in [-0.3, -0.25) is 0 Å². The fourth-order valence-electron chi connectivity index (χ4n) is 1.91. The first-order valence-corrected chi connectivity index (χ1v) is 6.99. The molecule has 0 aliphatic heterocycles. The molecule has 0 atom stereocenters.